The van der Waals surface area contributed by atoms with Crippen molar-refractivity contribution < 1.29 is 54.4 Å². The first-order valence-electron chi connectivity index (χ1n) is 5.31. The summed E-state index contributed by atoms with van der Waals surface area (Å²) in [6, 6.07) is 14.9. The number of hydrogen-bond donors (Lipinski definition) is 0. The van der Waals surface area contributed by atoms with Crippen molar-refractivity contribution in [1.29, 1.82) is 0 Å². The summed E-state index contributed by atoms with van der Waals surface area (Å²) in [6.45, 7) is 0.197. The van der Waals surface area contributed by atoms with Crippen LogP contribution in [0.2, 0.25) is 0 Å². The number of alkyl halides is 3. The second kappa shape index (κ2) is 8.43. The van der Waals surface area contributed by atoms with Crippen molar-refractivity contribution in [2.45, 2.75) is 12.8 Å². The molecule has 0 aromatic heterocycles. The Hall–Kier alpha value is -0.867. The Labute approximate surface area is 138 Å². The van der Waals surface area contributed by atoms with Gasteiger partial charge in [0.15, 0.2) is 0 Å². The summed E-state index contributed by atoms with van der Waals surface area (Å²) in [5.74, 6) is 0.196. The Morgan fingerprint density at radius 3 is 2.40 bits per heavy atom. The summed E-state index contributed by atoms with van der Waals surface area (Å²) in [6.07, 6.45) is -4.35. The van der Waals surface area contributed by atoms with E-state index >= 15 is 0 Å². The number of ether oxygens (including phenoxy) is 1. The molecule has 0 aliphatic carbocycles. The van der Waals surface area contributed by atoms with Crippen LogP contribution in [0.3, 0.4) is 0 Å². The van der Waals surface area contributed by atoms with Gasteiger partial charge in [0.05, 0.1) is 5.56 Å². The Balaban J connectivity index is 0.00000180. The van der Waals surface area contributed by atoms with E-state index in [-0.39, 0.29) is 48.8 Å². The van der Waals surface area contributed by atoms with Gasteiger partial charge in [-0.3, -0.25) is 0 Å². The van der Waals surface area contributed by atoms with Gasteiger partial charge in [0.25, 0.3) is 0 Å². The van der Waals surface area contributed by atoms with E-state index in [0.29, 0.717) is 0 Å². The molecule has 20 heavy (non-hydrogen) atoms. The molecule has 1 nitrogen and oxygen atoms in total. The van der Waals surface area contributed by atoms with Crippen molar-refractivity contribution >= 4 is 0 Å². The third-order valence-corrected chi connectivity index (χ3v) is 2.33. The van der Waals surface area contributed by atoms with Crippen molar-refractivity contribution in [3.8, 4) is 5.75 Å². The fraction of sp³-hybridized carbons (Fsp3) is 0.143. The molecule has 0 saturated carbocycles. The SMILES string of the molecule is FC(F)(F)c1cccc(OCc2[c]cccc2)c1.[Br-].[Zn]. The van der Waals surface area contributed by atoms with Gasteiger partial charge in [-0.2, -0.15) is 13.2 Å². The first-order valence-corrected chi connectivity index (χ1v) is 5.31. The molecule has 0 amide bonds. The van der Waals surface area contributed by atoms with Crippen LogP contribution >= 0.6 is 0 Å². The normalized spacial score (nSPS) is 10.2. The molecule has 0 heterocycles. The van der Waals surface area contributed by atoms with E-state index in [4.69, 9.17) is 4.74 Å². The van der Waals surface area contributed by atoms with Crippen LogP contribution in [0, 0.1) is 6.07 Å². The number of benzene rings is 2. The summed E-state index contributed by atoms with van der Waals surface area (Å²) in [7, 11) is 0. The number of halogens is 4. The zero-order valence-corrected chi connectivity index (χ0v) is 15.0. The van der Waals surface area contributed by atoms with Crippen LogP contribution in [-0.2, 0) is 32.3 Å². The van der Waals surface area contributed by atoms with Gasteiger partial charge in [-0.25, -0.2) is 0 Å². The molecule has 6 heteroatoms. The zero-order valence-electron chi connectivity index (χ0n) is 10.5. The number of rotatable bonds is 3. The molecular weight excluding hydrogens is 386 g/mol. The van der Waals surface area contributed by atoms with E-state index in [9.17, 15) is 13.2 Å². The molecule has 0 unspecified atom stereocenters. The van der Waals surface area contributed by atoms with Crippen LogP contribution in [0.5, 0.6) is 5.75 Å². The Bertz CT molecular complexity index is 517. The van der Waals surface area contributed by atoms with Gasteiger partial charge in [-0.1, -0.05) is 30.3 Å². The zero-order chi connectivity index (χ0) is 13.0. The van der Waals surface area contributed by atoms with E-state index < -0.39 is 11.7 Å². The van der Waals surface area contributed by atoms with Gasteiger partial charge in [0.1, 0.15) is 12.4 Å². The molecule has 2 aromatic carbocycles. The molecule has 0 aliphatic rings. The van der Waals surface area contributed by atoms with Crippen LogP contribution in [0.25, 0.3) is 0 Å². The van der Waals surface area contributed by atoms with Gasteiger partial charge < -0.3 is 21.7 Å². The van der Waals surface area contributed by atoms with Crippen LogP contribution < -0.4 is 21.7 Å². The first kappa shape index (κ1) is 19.1. The van der Waals surface area contributed by atoms with Gasteiger partial charge in [0, 0.05) is 19.5 Å². The number of hydrogen-bond acceptors (Lipinski definition) is 1. The van der Waals surface area contributed by atoms with Crippen LogP contribution in [0.15, 0.2) is 48.5 Å². The fourth-order valence-electron chi connectivity index (χ4n) is 1.44. The van der Waals surface area contributed by atoms with Gasteiger partial charge in [-0.05, 0) is 29.8 Å². The van der Waals surface area contributed by atoms with E-state index in [1.54, 1.807) is 12.1 Å². The largest absolute Gasteiger partial charge is 1.00 e. The fourth-order valence-corrected chi connectivity index (χ4v) is 1.44. The standard InChI is InChI=1S/C14H10F3O.BrH.Zn/c15-14(16,17)12-7-4-8-13(9-12)18-10-11-5-2-1-3-6-11;;/h1-5,7-9H,10H2;1H;/p-1. The second-order valence-electron chi connectivity index (χ2n) is 3.70. The van der Waals surface area contributed by atoms with Crippen LogP contribution in [-0.4, -0.2) is 0 Å². The molecule has 2 aromatic rings. The molecule has 0 fully saturated rings. The summed E-state index contributed by atoms with van der Waals surface area (Å²) >= 11 is 0. The topological polar surface area (TPSA) is 9.23 Å². The third-order valence-electron chi connectivity index (χ3n) is 2.33. The minimum atomic E-state index is -4.35. The third kappa shape index (κ3) is 5.63. The molecule has 103 valence electrons. The van der Waals surface area contributed by atoms with E-state index in [2.05, 4.69) is 6.07 Å². The van der Waals surface area contributed by atoms with Crippen molar-refractivity contribution in [3.05, 3.63) is 65.7 Å². The predicted octanol–water partition coefficient (Wildman–Crippen LogP) is 1.09. The Morgan fingerprint density at radius 1 is 1.05 bits per heavy atom. The second-order valence-corrected chi connectivity index (χ2v) is 3.70. The first-order chi connectivity index (χ1) is 8.55. The maximum Gasteiger partial charge on any atom is 0.416 e. The predicted molar refractivity (Wildman–Crippen MR) is 61.1 cm³/mol. The maximum absolute atomic E-state index is 12.5. The van der Waals surface area contributed by atoms with Crippen LogP contribution in [0.4, 0.5) is 13.2 Å². The Morgan fingerprint density at radius 2 is 1.80 bits per heavy atom. The molecule has 0 bridgehead atoms. The Kier molecular flexibility index (Phi) is 8.06. The summed E-state index contributed by atoms with van der Waals surface area (Å²) in [5.41, 5.74) is 0.0759. The summed E-state index contributed by atoms with van der Waals surface area (Å²) in [5, 5.41) is 0. The van der Waals surface area contributed by atoms with E-state index in [0.717, 1.165) is 17.7 Å². The average molecular weight is 397 g/mol. The van der Waals surface area contributed by atoms with Crippen molar-refractivity contribution in [2.75, 3.05) is 0 Å². The average Bonchev–Trinajstić information content (AvgIpc) is 2.37. The molecule has 0 aliphatic heterocycles. The molecule has 2 rings (SSSR count). The van der Waals surface area contributed by atoms with E-state index in [1.165, 1.54) is 12.1 Å². The monoisotopic (exact) mass is 394 g/mol. The van der Waals surface area contributed by atoms with Crippen molar-refractivity contribution in [1.82, 2.24) is 0 Å². The quantitative estimate of drug-likeness (QED) is 0.706. The van der Waals surface area contributed by atoms with Crippen LogP contribution in [0.1, 0.15) is 11.1 Å². The molecule has 0 saturated heterocycles. The molecule has 0 spiro atoms. The van der Waals surface area contributed by atoms with Gasteiger partial charge in [0.2, 0.25) is 0 Å². The summed E-state index contributed by atoms with van der Waals surface area (Å²) in [4.78, 5) is 0. The molecule has 1 radical (unpaired) electrons. The molecular formula is C14H10BrF3OZn-. The van der Waals surface area contributed by atoms with Gasteiger partial charge >= 0.3 is 6.18 Å². The van der Waals surface area contributed by atoms with Crippen molar-refractivity contribution in [3.63, 3.8) is 0 Å². The molecule has 0 atom stereocenters. The van der Waals surface area contributed by atoms with E-state index in [1.807, 2.05) is 12.1 Å². The smallest absolute Gasteiger partial charge is 0.416 e. The van der Waals surface area contributed by atoms with Crippen molar-refractivity contribution in [2.24, 2.45) is 0 Å². The minimum Gasteiger partial charge on any atom is -1.00 e. The summed E-state index contributed by atoms with van der Waals surface area (Å²) < 4.78 is 42.7. The minimum absolute atomic E-state index is 0. The maximum atomic E-state index is 12.5. The molecule has 0 N–H and O–H groups in total. The van der Waals surface area contributed by atoms with Gasteiger partial charge in [-0.15, -0.1) is 0 Å².